The lowest BCUT2D eigenvalue weighted by Gasteiger charge is -2.22. The van der Waals surface area contributed by atoms with Crippen LogP contribution in [0.2, 0.25) is 0 Å². The number of nitrogens with one attached hydrogen (secondary N) is 1. The summed E-state index contributed by atoms with van der Waals surface area (Å²) in [6, 6.07) is 4.67. The molecule has 0 bridgehead atoms. The molecule has 66 heavy (non-hydrogen) atoms. The largest absolute Gasteiger partial charge is 0.444 e. The maximum atomic E-state index is 13.4. The molecule has 0 saturated carbocycles. The molecule has 0 fully saturated rings. The zero-order valence-corrected chi connectivity index (χ0v) is 41.2. The normalized spacial score (nSPS) is 13.0. The van der Waals surface area contributed by atoms with Crippen molar-refractivity contribution in [1.82, 2.24) is 14.5 Å². The van der Waals surface area contributed by atoms with Crippen LogP contribution in [0, 0.1) is 0 Å². The molecule has 2 amide bonds. The van der Waals surface area contributed by atoms with Gasteiger partial charge in [-0.3, -0.25) is 4.79 Å². The molecular weight excluding hydrogens is 883 g/mol. The fraction of sp³-hybridized carbons (Fsp3) is 0.756. The Bertz CT molecular complexity index is 1640. The van der Waals surface area contributed by atoms with E-state index in [-0.39, 0.29) is 36.2 Å². The molecule has 1 aromatic carbocycles. The number of fused-ring (bicyclic) bond motifs is 1. The molecule has 20 nitrogen and oxygen atoms in total. The van der Waals surface area contributed by atoms with Crippen LogP contribution in [-0.2, 0) is 66.9 Å². The minimum absolute atomic E-state index is 0.0766. The molecule has 0 unspecified atom stereocenters. The van der Waals surface area contributed by atoms with Crippen LogP contribution in [0.3, 0.4) is 0 Å². The van der Waals surface area contributed by atoms with Crippen LogP contribution in [0.4, 0.5) is 10.5 Å². The average Bonchev–Trinajstić information content (AvgIpc) is 3.44. The molecule has 0 aliphatic carbocycles. The Labute approximate surface area is 393 Å². The summed E-state index contributed by atoms with van der Waals surface area (Å²) in [5.74, 6) is 0.169. The summed E-state index contributed by atoms with van der Waals surface area (Å²) < 4.78 is 88.1. The topological polar surface area (TPSA) is 227 Å². The van der Waals surface area contributed by atoms with Gasteiger partial charge in [0.15, 0.2) is 0 Å². The smallest absolute Gasteiger partial charge is 0.407 e. The van der Waals surface area contributed by atoms with Gasteiger partial charge in [-0.2, -0.15) is 4.31 Å². The van der Waals surface area contributed by atoms with Crippen LogP contribution in [0.1, 0.15) is 59.4 Å². The number of benzene rings is 1. The number of ether oxygens (including phenoxy) is 11. The number of sulfonamides is 1. The monoisotopic (exact) mass is 962 g/mol. The molecule has 0 saturated heterocycles. The van der Waals surface area contributed by atoms with Crippen LogP contribution >= 0.6 is 0 Å². The Morgan fingerprint density at radius 1 is 0.652 bits per heavy atom. The maximum Gasteiger partial charge on any atom is 0.407 e. The van der Waals surface area contributed by atoms with Crippen LogP contribution in [-0.4, -0.2) is 206 Å². The van der Waals surface area contributed by atoms with E-state index in [2.05, 4.69) is 10.3 Å². The first-order valence-corrected chi connectivity index (χ1v) is 24.4. The third-order valence-corrected chi connectivity index (χ3v) is 10.9. The predicted molar refractivity (Wildman–Crippen MR) is 250 cm³/mol. The molecule has 1 aliphatic heterocycles. The van der Waals surface area contributed by atoms with E-state index in [0.717, 1.165) is 12.8 Å². The van der Waals surface area contributed by atoms with Crippen molar-refractivity contribution in [3.05, 3.63) is 29.3 Å². The van der Waals surface area contributed by atoms with Crippen molar-refractivity contribution in [3.63, 3.8) is 0 Å². The van der Waals surface area contributed by atoms with E-state index >= 15 is 0 Å². The highest BCUT2D eigenvalue weighted by molar-refractivity contribution is 7.89. The van der Waals surface area contributed by atoms with Gasteiger partial charge in [0, 0.05) is 50.8 Å². The van der Waals surface area contributed by atoms with Gasteiger partial charge >= 0.3 is 6.09 Å². The number of amidine groups is 1. The van der Waals surface area contributed by atoms with Crippen LogP contribution in [0.15, 0.2) is 33.7 Å². The number of alkyl carbamates (subject to hydrolysis) is 1. The van der Waals surface area contributed by atoms with Crippen molar-refractivity contribution < 1.29 is 70.1 Å². The van der Waals surface area contributed by atoms with E-state index in [0.29, 0.717) is 162 Å². The number of nitrogens with zero attached hydrogens (tertiary/aromatic N) is 3. The van der Waals surface area contributed by atoms with Gasteiger partial charge in [0.05, 0.1) is 143 Å². The van der Waals surface area contributed by atoms with E-state index in [1.807, 2.05) is 39.5 Å². The van der Waals surface area contributed by atoms with Gasteiger partial charge < -0.3 is 68.1 Å². The standard InChI is InChI=1S/C45H79N5O15S/c1-7-12-50(13-8-2)43(51)39-35-38-9-10-40(37-41(38)48-42(46)36-39)66(53,54)49(6)14-16-56-18-20-58-22-24-60-26-28-62-30-32-64-34-33-63-31-29-61-27-25-59-23-21-57-19-17-55-15-11-47-44(52)65-45(3,4)5/h9-10,35,37H,7-8,11-34,36H2,1-6H3,(H2,46,48)(H,47,52). The summed E-state index contributed by atoms with van der Waals surface area (Å²) >= 11 is 0. The van der Waals surface area contributed by atoms with Gasteiger partial charge in [-0.25, -0.2) is 18.2 Å². The molecular formula is C45H79N5O15S. The zero-order valence-electron chi connectivity index (χ0n) is 40.4. The van der Waals surface area contributed by atoms with Crippen molar-refractivity contribution in [2.45, 2.75) is 64.4 Å². The van der Waals surface area contributed by atoms with Crippen molar-refractivity contribution in [1.29, 1.82) is 0 Å². The molecule has 0 aromatic heterocycles. The van der Waals surface area contributed by atoms with Gasteiger partial charge in [-0.15, -0.1) is 0 Å². The predicted octanol–water partition coefficient (Wildman–Crippen LogP) is 3.42. The molecule has 21 heteroatoms. The van der Waals surface area contributed by atoms with Gasteiger partial charge in [0.25, 0.3) is 0 Å². The molecule has 0 atom stereocenters. The van der Waals surface area contributed by atoms with Crippen LogP contribution < -0.4 is 11.1 Å². The highest BCUT2D eigenvalue weighted by Gasteiger charge is 2.25. The SMILES string of the molecule is CCCN(CCC)C(=O)C1=Cc2ccc(S(=O)(=O)N(C)CCOCCOCCOCCOCCOCCOCCOCCOCCOCCOCCNC(=O)OC(C)(C)C)cc2N=C(N)C1. The highest BCUT2D eigenvalue weighted by Crippen LogP contribution is 2.30. The van der Waals surface area contributed by atoms with Gasteiger partial charge in [0.2, 0.25) is 15.9 Å². The minimum Gasteiger partial charge on any atom is -0.444 e. The summed E-state index contributed by atoms with van der Waals surface area (Å²) in [5, 5.41) is 2.63. The highest BCUT2D eigenvalue weighted by atomic mass is 32.2. The van der Waals surface area contributed by atoms with E-state index in [1.54, 1.807) is 12.1 Å². The number of aliphatic imine (C=N–C) groups is 1. The first-order chi connectivity index (χ1) is 31.8. The van der Waals surface area contributed by atoms with Gasteiger partial charge in [0.1, 0.15) is 11.4 Å². The Hall–Kier alpha value is -3.32. The van der Waals surface area contributed by atoms with Crippen molar-refractivity contribution in [3.8, 4) is 0 Å². The van der Waals surface area contributed by atoms with E-state index < -0.39 is 21.7 Å². The number of carbonyl (C=O) groups excluding carboxylic acids is 2. The third-order valence-electron chi connectivity index (χ3n) is 9.04. The lowest BCUT2D eigenvalue weighted by atomic mass is 10.1. The molecule has 3 N–H and O–H groups in total. The summed E-state index contributed by atoms with van der Waals surface area (Å²) in [5.41, 5.74) is 7.23. The first kappa shape index (κ1) is 58.8. The molecule has 1 heterocycles. The Morgan fingerprint density at radius 2 is 1.06 bits per heavy atom. The summed E-state index contributed by atoms with van der Waals surface area (Å²) in [6.45, 7) is 19.6. The number of hydrogen-bond acceptors (Lipinski definition) is 17. The van der Waals surface area contributed by atoms with Gasteiger partial charge in [-0.1, -0.05) is 19.9 Å². The van der Waals surface area contributed by atoms with Crippen LogP contribution in [0.5, 0.6) is 0 Å². The lowest BCUT2D eigenvalue weighted by Crippen LogP contribution is -2.34. The second-order valence-electron chi connectivity index (χ2n) is 15.8. The summed E-state index contributed by atoms with van der Waals surface area (Å²) in [7, 11) is -2.34. The number of carbonyl (C=O) groups is 2. The van der Waals surface area contributed by atoms with E-state index in [4.69, 9.17) is 57.8 Å². The summed E-state index contributed by atoms with van der Waals surface area (Å²) in [6.07, 6.45) is 3.18. The number of rotatable bonds is 40. The quantitative estimate of drug-likeness (QED) is 0.0899. The van der Waals surface area contributed by atoms with Crippen molar-refractivity contribution >= 4 is 39.6 Å². The van der Waals surface area contributed by atoms with Gasteiger partial charge in [-0.05, 0) is 51.8 Å². The molecule has 1 aliphatic rings. The van der Waals surface area contributed by atoms with Crippen molar-refractivity contribution in [2.75, 3.05) is 165 Å². The second kappa shape index (κ2) is 35.8. The van der Waals surface area contributed by atoms with Crippen molar-refractivity contribution in [2.24, 2.45) is 10.7 Å². The van der Waals surface area contributed by atoms with E-state index in [9.17, 15) is 18.0 Å². The molecule has 2 rings (SSSR count). The lowest BCUT2D eigenvalue weighted by molar-refractivity contribution is -0.127. The van der Waals surface area contributed by atoms with E-state index in [1.165, 1.54) is 23.5 Å². The Kier molecular flexibility index (Phi) is 31.9. The fourth-order valence-corrected chi connectivity index (χ4v) is 7.02. The molecule has 380 valence electrons. The number of likely N-dealkylation sites (N-methyl/N-ethyl adjacent to an activating group) is 1. The average molecular weight is 962 g/mol. The number of hydrogen-bond donors (Lipinski definition) is 2. The maximum absolute atomic E-state index is 13.4. The third kappa shape index (κ3) is 27.5. The Morgan fingerprint density at radius 3 is 1.47 bits per heavy atom. The molecule has 0 spiro atoms. The zero-order chi connectivity index (χ0) is 48.3. The second-order valence-corrected chi connectivity index (χ2v) is 17.9. The minimum atomic E-state index is -3.83. The Balaban J connectivity index is 1.36. The number of nitrogens with two attached hydrogens (primary N) is 1. The summed E-state index contributed by atoms with van der Waals surface area (Å²) in [4.78, 5) is 31.1. The fourth-order valence-electron chi connectivity index (χ4n) is 5.84. The van der Waals surface area contributed by atoms with Crippen LogP contribution in [0.25, 0.3) is 6.08 Å². The first-order valence-electron chi connectivity index (χ1n) is 23.0. The molecule has 1 aromatic rings. The number of amides is 2. The molecule has 0 radical (unpaired) electrons.